The minimum atomic E-state index is -3.49. The summed E-state index contributed by atoms with van der Waals surface area (Å²) in [5, 5.41) is 0.836. The summed E-state index contributed by atoms with van der Waals surface area (Å²) >= 11 is 0. The van der Waals surface area contributed by atoms with E-state index in [1.807, 2.05) is 6.92 Å². The van der Waals surface area contributed by atoms with E-state index in [4.69, 9.17) is 0 Å². The molecule has 2 aromatic heterocycles. The maximum Gasteiger partial charge on any atom is 0.375 e. The molecule has 1 saturated heterocycles. The fraction of sp³-hybridized carbons (Fsp3) is 0.417. The summed E-state index contributed by atoms with van der Waals surface area (Å²) in [5.74, 6) is 0. The molecule has 0 aliphatic carbocycles. The van der Waals surface area contributed by atoms with Gasteiger partial charge < -0.3 is 9.88 Å². The van der Waals surface area contributed by atoms with Crippen molar-refractivity contribution in [1.29, 1.82) is 0 Å². The van der Waals surface area contributed by atoms with Crippen LogP contribution in [0.3, 0.4) is 0 Å². The number of aryl methyl sites for hydroxylation is 1. The molecule has 0 aromatic carbocycles. The second-order valence-corrected chi connectivity index (χ2v) is 4.61. The van der Waals surface area contributed by atoms with Crippen LogP contribution in [0.25, 0.3) is 11.0 Å². The summed E-state index contributed by atoms with van der Waals surface area (Å²) in [6, 6.07) is 1.72. The molecule has 2 aromatic rings. The average molecular weight is 271 g/mol. The van der Waals surface area contributed by atoms with Crippen LogP contribution in [0.5, 0.6) is 0 Å². The van der Waals surface area contributed by atoms with Crippen molar-refractivity contribution < 1.29 is 17.9 Å². The number of alkyl halides is 3. The Bertz CT molecular complexity index is 613. The van der Waals surface area contributed by atoms with Gasteiger partial charge in [-0.25, -0.2) is 9.37 Å². The first kappa shape index (κ1) is 12.3. The van der Waals surface area contributed by atoms with Crippen LogP contribution in [0, 0.1) is 6.92 Å². The molecular formula is C12H12F3N3O. The zero-order valence-corrected chi connectivity index (χ0v) is 10.2. The van der Waals surface area contributed by atoms with Crippen molar-refractivity contribution in [1.82, 2.24) is 9.97 Å². The van der Waals surface area contributed by atoms with Gasteiger partial charge in [0.1, 0.15) is 12.2 Å². The number of aromatic nitrogens is 2. The van der Waals surface area contributed by atoms with Crippen LogP contribution in [0.15, 0.2) is 18.5 Å². The zero-order valence-electron chi connectivity index (χ0n) is 10.2. The number of nitrogens with one attached hydrogen (secondary N) is 1. The van der Waals surface area contributed by atoms with Gasteiger partial charge in [-0.1, -0.05) is 0 Å². The second kappa shape index (κ2) is 4.12. The van der Waals surface area contributed by atoms with Gasteiger partial charge in [-0.15, -0.1) is 0 Å². The van der Waals surface area contributed by atoms with Crippen molar-refractivity contribution in [2.75, 3.05) is 18.0 Å². The number of rotatable bonds is 1. The van der Waals surface area contributed by atoms with Gasteiger partial charge in [0.15, 0.2) is 0 Å². The molecule has 1 N–H and O–H groups in total. The van der Waals surface area contributed by atoms with Crippen LogP contribution >= 0.6 is 0 Å². The van der Waals surface area contributed by atoms with E-state index in [-0.39, 0.29) is 6.54 Å². The first-order chi connectivity index (χ1) is 8.94. The largest absolute Gasteiger partial charge is 0.375 e. The third kappa shape index (κ3) is 2.25. The molecule has 1 aliphatic heterocycles. The van der Waals surface area contributed by atoms with Crippen molar-refractivity contribution in [3.63, 3.8) is 0 Å². The second-order valence-electron chi connectivity index (χ2n) is 4.61. The topological polar surface area (TPSA) is 41.2 Å². The van der Waals surface area contributed by atoms with Crippen LogP contribution in [0.2, 0.25) is 0 Å². The fourth-order valence-electron chi connectivity index (χ4n) is 2.21. The van der Waals surface area contributed by atoms with E-state index >= 15 is 0 Å². The molecule has 102 valence electrons. The minimum Gasteiger partial charge on any atom is -0.356 e. The maximum atomic E-state index is 13.2. The molecule has 3 rings (SSSR count). The highest BCUT2D eigenvalue weighted by Crippen LogP contribution is 2.30. The molecule has 4 nitrogen and oxygen atoms in total. The summed E-state index contributed by atoms with van der Waals surface area (Å²) in [6.07, 6.45) is -2.26. The van der Waals surface area contributed by atoms with Gasteiger partial charge >= 0.3 is 6.11 Å². The van der Waals surface area contributed by atoms with Gasteiger partial charge in [0, 0.05) is 11.6 Å². The Kier molecular flexibility index (Phi) is 2.67. The van der Waals surface area contributed by atoms with Crippen molar-refractivity contribution >= 4 is 16.7 Å². The van der Waals surface area contributed by atoms with Gasteiger partial charge in [0.05, 0.1) is 18.4 Å². The summed E-state index contributed by atoms with van der Waals surface area (Å²) in [7, 11) is 0. The number of fused-ring (bicyclic) bond motifs is 1. The number of ether oxygens (including phenoxy) is 1. The van der Waals surface area contributed by atoms with Crippen LogP contribution in [-0.4, -0.2) is 35.5 Å². The highest BCUT2D eigenvalue weighted by atomic mass is 19.3. The molecule has 1 atom stereocenters. The number of nitrogens with zero attached hydrogens (tertiary/aromatic N) is 2. The molecule has 1 fully saturated rings. The summed E-state index contributed by atoms with van der Waals surface area (Å²) in [6.45, 7) is 0.979. The normalized spacial score (nSPS) is 22.9. The number of pyridine rings is 1. The lowest BCUT2D eigenvalue weighted by Gasteiger charge is -2.35. The van der Waals surface area contributed by atoms with Crippen LogP contribution < -0.4 is 4.90 Å². The Hall–Kier alpha value is -1.76. The lowest BCUT2D eigenvalue weighted by atomic mass is 10.2. The number of aromatic amines is 1. The molecule has 1 aliphatic rings. The molecule has 1 unspecified atom stereocenters. The SMILES string of the molecule is Cc1c[nH]c2ncc(N3CC(F)OC(F)(F)C3)cc12. The molecule has 0 amide bonds. The third-order valence-corrected chi connectivity index (χ3v) is 3.13. The number of hydrogen-bond donors (Lipinski definition) is 1. The Morgan fingerprint density at radius 3 is 3.05 bits per heavy atom. The van der Waals surface area contributed by atoms with Gasteiger partial charge in [-0.2, -0.15) is 8.78 Å². The zero-order chi connectivity index (χ0) is 13.6. The van der Waals surface area contributed by atoms with Gasteiger partial charge in [0.2, 0.25) is 6.36 Å². The highest BCUT2D eigenvalue weighted by Gasteiger charge is 2.42. The van der Waals surface area contributed by atoms with Crippen LogP contribution in [0.4, 0.5) is 18.9 Å². The van der Waals surface area contributed by atoms with Crippen LogP contribution in [0.1, 0.15) is 5.56 Å². The molecule has 7 heteroatoms. The molecule has 3 heterocycles. The molecular weight excluding hydrogens is 259 g/mol. The Morgan fingerprint density at radius 1 is 1.53 bits per heavy atom. The predicted molar refractivity (Wildman–Crippen MR) is 64.0 cm³/mol. The van der Waals surface area contributed by atoms with Gasteiger partial charge in [-0.3, -0.25) is 4.74 Å². The Balaban J connectivity index is 1.97. The number of morpholine rings is 1. The lowest BCUT2D eigenvalue weighted by molar-refractivity contribution is -0.292. The highest BCUT2D eigenvalue weighted by molar-refractivity contribution is 5.82. The van der Waals surface area contributed by atoms with Crippen molar-refractivity contribution in [3.8, 4) is 0 Å². The van der Waals surface area contributed by atoms with E-state index in [0.717, 1.165) is 10.9 Å². The van der Waals surface area contributed by atoms with E-state index in [1.54, 1.807) is 12.3 Å². The fourth-order valence-corrected chi connectivity index (χ4v) is 2.21. The van der Waals surface area contributed by atoms with Crippen LogP contribution in [-0.2, 0) is 4.74 Å². The average Bonchev–Trinajstić information content (AvgIpc) is 2.68. The van der Waals surface area contributed by atoms with Gasteiger partial charge in [0.25, 0.3) is 0 Å². The molecule has 19 heavy (non-hydrogen) atoms. The summed E-state index contributed by atoms with van der Waals surface area (Å²) in [5.41, 5.74) is 2.10. The number of H-pyrrole nitrogens is 1. The first-order valence-electron chi connectivity index (χ1n) is 5.83. The molecule has 0 radical (unpaired) electrons. The molecule has 0 bridgehead atoms. The van der Waals surface area contributed by atoms with Gasteiger partial charge in [-0.05, 0) is 18.6 Å². The van der Waals surface area contributed by atoms with E-state index in [0.29, 0.717) is 11.3 Å². The van der Waals surface area contributed by atoms with E-state index in [1.165, 1.54) is 11.1 Å². The van der Waals surface area contributed by atoms with Crippen molar-refractivity contribution in [3.05, 3.63) is 24.0 Å². The van der Waals surface area contributed by atoms with E-state index in [2.05, 4.69) is 14.7 Å². The Morgan fingerprint density at radius 2 is 2.32 bits per heavy atom. The number of halogens is 3. The van der Waals surface area contributed by atoms with Crippen molar-refractivity contribution in [2.24, 2.45) is 0 Å². The summed E-state index contributed by atoms with van der Waals surface area (Å²) < 4.78 is 43.5. The quantitative estimate of drug-likeness (QED) is 0.866. The third-order valence-electron chi connectivity index (χ3n) is 3.13. The lowest BCUT2D eigenvalue weighted by Crippen LogP contribution is -2.50. The van der Waals surface area contributed by atoms with Crippen molar-refractivity contribution in [2.45, 2.75) is 19.4 Å². The smallest absolute Gasteiger partial charge is 0.356 e. The molecule has 0 spiro atoms. The standard InChI is InChI=1S/C12H12F3N3O/c1-7-3-16-11-9(7)2-8(4-17-11)18-5-10(13)19-12(14,15)6-18/h2-4,10H,5-6H2,1H3,(H,16,17). The monoisotopic (exact) mass is 271 g/mol. The summed E-state index contributed by atoms with van der Waals surface area (Å²) in [4.78, 5) is 8.35. The van der Waals surface area contributed by atoms with E-state index in [9.17, 15) is 13.2 Å². The maximum absolute atomic E-state index is 13.2. The first-order valence-corrected chi connectivity index (χ1v) is 5.83. The number of hydrogen-bond acceptors (Lipinski definition) is 3. The minimum absolute atomic E-state index is 0.230. The molecule has 0 saturated carbocycles. The Labute approximate surface area is 107 Å². The van der Waals surface area contributed by atoms with E-state index < -0.39 is 19.0 Å². The predicted octanol–water partition coefficient (Wildman–Crippen LogP) is 2.60. The number of anilines is 1.